The summed E-state index contributed by atoms with van der Waals surface area (Å²) in [5.74, 6) is -0.265. The highest BCUT2D eigenvalue weighted by Crippen LogP contribution is 2.31. The number of benzene rings is 3. The summed E-state index contributed by atoms with van der Waals surface area (Å²) < 4.78 is 30.2. The van der Waals surface area contributed by atoms with Crippen molar-refractivity contribution >= 4 is 23.6 Å². The van der Waals surface area contributed by atoms with Crippen LogP contribution < -0.4 is 9.47 Å². The number of aliphatic imine (C=N–C) groups is 1. The first-order valence-electron chi connectivity index (χ1n) is 10.2. The van der Waals surface area contributed by atoms with E-state index in [1.54, 1.807) is 49.4 Å². The number of nitro benzene ring substituents is 1. The molecule has 0 bridgehead atoms. The molecule has 0 saturated carbocycles. The third-order valence-corrected chi connectivity index (χ3v) is 5.18. The molecule has 0 N–H and O–H groups in total. The fourth-order valence-electron chi connectivity index (χ4n) is 3.40. The van der Waals surface area contributed by atoms with E-state index in [0.717, 1.165) is 0 Å². The number of nitro groups is 1. The summed E-state index contributed by atoms with van der Waals surface area (Å²) in [7, 11) is 1.47. The second-order valence-electron chi connectivity index (χ2n) is 7.33. The molecule has 0 spiro atoms. The monoisotopic (exact) mass is 462 g/mol. The summed E-state index contributed by atoms with van der Waals surface area (Å²) in [6, 6.07) is 15.8. The first kappa shape index (κ1) is 22.7. The Labute approximate surface area is 194 Å². The van der Waals surface area contributed by atoms with Crippen molar-refractivity contribution in [3.8, 4) is 11.5 Å². The standard InChI is InChI=1S/C25H19FN2O6/c1-15-18(7-5-9-21(15)28(30)31)24-27-20(25(29)34-24)12-16-10-11-22(23(13-16)32-2)33-14-17-6-3-4-8-19(17)26/h3-13H,14H2,1-2H3/b20-12-. The Kier molecular flexibility index (Phi) is 6.35. The number of rotatable bonds is 7. The van der Waals surface area contributed by atoms with Crippen molar-refractivity contribution in [1.82, 2.24) is 0 Å². The molecule has 1 aliphatic rings. The van der Waals surface area contributed by atoms with Gasteiger partial charge in [-0.25, -0.2) is 14.2 Å². The Morgan fingerprint density at radius 2 is 1.91 bits per heavy atom. The molecule has 4 rings (SSSR count). The van der Waals surface area contributed by atoms with Crippen molar-refractivity contribution in [2.24, 2.45) is 4.99 Å². The summed E-state index contributed by atoms with van der Waals surface area (Å²) in [6.07, 6.45) is 1.51. The van der Waals surface area contributed by atoms with Crippen LogP contribution in [0.2, 0.25) is 0 Å². The van der Waals surface area contributed by atoms with E-state index in [1.807, 2.05) is 0 Å². The van der Waals surface area contributed by atoms with Crippen LogP contribution in [0.5, 0.6) is 11.5 Å². The molecule has 0 saturated heterocycles. The van der Waals surface area contributed by atoms with Gasteiger partial charge in [-0.2, -0.15) is 0 Å². The van der Waals surface area contributed by atoms with Crippen LogP contribution in [0.3, 0.4) is 0 Å². The largest absolute Gasteiger partial charge is 0.493 e. The van der Waals surface area contributed by atoms with Crippen molar-refractivity contribution < 1.29 is 28.3 Å². The number of ether oxygens (including phenoxy) is 3. The van der Waals surface area contributed by atoms with E-state index in [9.17, 15) is 19.3 Å². The van der Waals surface area contributed by atoms with Crippen molar-refractivity contribution in [2.45, 2.75) is 13.5 Å². The van der Waals surface area contributed by atoms with E-state index < -0.39 is 10.9 Å². The molecule has 0 amide bonds. The van der Waals surface area contributed by atoms with Crippen LogP contribution >= 0.6 is 0 Å². The van der Waals surface area contributed by atoms with Gasteiger partial charge in [0.25, 0.3) is 5.69 Å². The maximum absolute atomic E-state index is 13.8. The SMILES string of the molecule is COc1cc(/C=C2\N=C(c3cccc([N+](=O)[O-])c3C)OC2=O)ccc1OCc1ccccc1F. The second kappa shape index (κ2) is 9.53. The first-order valence-corrected chi connectivity index (χ1v) is 10.2. The molecule has 9 heteroatoms. The minimum Gasteiger partial charge on any atom is -0.493 e. The zero-order valence-electron chi connectivity index (χ0n) is 18.3. The molecular weight excluding hydrogens is 443 g/mol. The number of esters is 1. The van der Waals surface area contributed by atoms with Gasteiger partial charge in [0.05, 0.1) is 12.0 Å². The Morgan fingerprint density at radius 1 is 1.12 bits per heavy atom. The molecule has 3 aromatic rings. The second-order valence-corrected chi connectivity index (χ2v) is 7.33. The zero-order chi connectivity index (χ0) is 24.2. The van der Waals surface area contributed by atoms with Gasteiger partial charge in [-0.05, 0) is 42.8 Å². The number of nitrogens with zero attached hydrogens (tertiary/aromatic N) is 2. The van der Waals surface area contributed by atoms with Crippen LogP contribution in [0, 0.1) is 22.9 Å². The summed E-state index contributed by atoms with van der Waals surface area (Å²) in [5.41, 5.74) is 1.64. The molecule has 0 radical (unpaired) electrons. The predicted molar refractivity (Wildman–Crippen MR) is 122 cm³/mol. The Morgan fingerprint density at radius 3 is 2.65 bits per heavy atom. The van der Waals surface area contributed by atoms with Crippen molar-refractivity contribution in [2.75, 3.05) is 7.11 Å². The van der Waals surface area contributed by atoms with Gasteiger partial charge in [0, 0.05) is 22.8 Å². The Balaban J connectivity index is 1.58. The van der Waals surface area contributed by atoms with Gasteiger partial charge in [0.15, 0.2) is 17.2 Å². The summed E-state index contributed by atoms with van der Waals surface area (Å²) >= 11 is 0. The normalized spacial score (nSPS) is 14.0. The van der Waals surface area contributed by atoms with Crippen molar-refractivity contribution in [3.05, 3.63) is 105 Å². The van der Waals surface area contributed by atoms with Gasteiger partial charge in [0.1, 0.15) is 12.4 Å². The van der Waals surface area contributed by atoms with Gasteiger partial charge in [-0.3, -0.25) is 10.1 Å². The lowest BCUT2D eigenvalue weighted by Crippen LogP contribution is -2.08. The molecule has 172 valence electrons. The highest BCUT2D eigenvalue weighted by atomic mass is 19.1. The molecule has 8 nitrogen and oxygen atoms in total. The number of hydrogen-bond donors (Lipinski definition) is 0. The first-order chi connectivity index (χ1) is 16.4. The van der Waals surface area contributed by atoms with E-state index in [0.29, 0.717) is 33.8 Å². The lowest BCUT2D eigenvalue weighted by Gasteiger charge is -2.12. The third kappa shape index (κ3) is 4.63. The zero-order valence-corrected chi connectivity index (χ0v) is 18.3. The highest BCUT2D eigenvalue weighted by molar-refractivity contribution is 6.13. The van der Waals surface area contributed by atoms with Crippen LogP contribution in [-0.2, 0) is 16.1 Å². The van der Waals surface area contributed by atoms with Crippen LogP contribution in [0.15, 0.2) is 71.4 Å². The van der Waals surface area contributed by atoms with E-state index in [-0.39, 0.29) is 29.7 Å². The van der Waals surface area contributed by atoms with Gasteiger partial charge in [-0.1, -0.05) is 30.3 Å². The third-order valence-electron chi connectivity index (χ3n) is 5.18. The molecular formula is C25H19FN2O6. The van der Waals surface area contributed by atoms with Gasteiger partial charge in [-0.15, -0.1) is 0 Å². The van der Waals surface area contributed by atoms with Crippen LogP contribution in [0.1, 0.15) is 22.3 Å². The average Bonchev–Trinajstić information content (AvgIpc) is 3.18. The van der Waals surface area contributed by atoms with E-state index in [4.69, 9.17) is 14.2 Å². The summed E-state index contributed by atoms with van der Waals surface area (Å²) in [6.45, 7) is 1.59. The van der Waals surface area contributed by atoms with E-state index >= 15 is 0 Å². The minimum absolute atomic E-state index is 0.00532. The summed E-state index contributed by atoms with van der Waals surface area (Å²) in [4.78, 5) is 27.3. The smallest absolute Gasteiger partial charge is 0.363 e. The average molecular weight is 462 g/mol. The van der Waals surface area contributed by atoms with Crippen molar-refractivity contribution in [3.63, 3.8) is 0 Å². The molecule has 34 heavy (non-hydrogen) atoms. The lowest BCUT2D eigenvalue weighted by atomic mass is 10.1. The van der Waals surface area contributed by atoms with E-state index in [2.05, 4.69) is 4.99 Å². The topological polar surface area (TPSA) is 100 Å². The molecule has 0 fully saturated rings. The van der Waals surface area contributed by atoms with Gasteiger partial charge < -0.3 is 14.2 Å². The number of halogens is 1. The van der Waals surface area contributed by atoms with Crippen LogP contribution in [-0.4, -0.2) is 23.9 Å². The van der Waals surface area contributed by atoms with Crippen LogP contribution in [0.4, 0.5) is 10.1 Å². The summed E-state index contributed by atoms with van der Waals surface area (Å²) in [5, 5.41) is 11.2. The molecule has 1 heterocycles. The molecule has 0 unspecified atom stereocenters. The predicted octanol–water partition coefficient (Wildman–Crippen LogP) is 4.97. The molecule has 0 atom stereocenters. The minimum atomic E-state index is -0.681. The number of methoxy groups -OCH3 is 1. The Bertz CT molecular complexity index is 1350. The number of hydrogen-bond acceptors (Lipinski definition) is 7. The quantitative estimate of drug-likeness (QED) is 0.213. The molecule has 0 aromatic heterocycles. The Hall–Kier alpha value is -4.53. The van der Waals surface area contributed by atoms with Gasteiger partial charge >= 0.3 is 5.97 Å². The molecule has 1 aliphatic heterocycles. The van der Waals surface area contributed by atoms with Gasteiger partial charge in [0.2, 0.25) is 5.90 Å². The molecule has 3 aromatic carbocycles. The highest BCUT2D eigenvalue weighted by Gasteiger charge is 2.27. The molecule has 0 aliphatic carbocycles. The van der Waals surface area contributed by atoms with E-state index in [1.165, 1.54) is 31.4 Å². The lowest BCUT2D eigenvalue weighted by molar-refractivity contribution is -0.385. The number of carbonyl (C=O) groups is 1. The fraction of sp³-hybridized carbons (Fsp3) is 0.120. The fourth-order valence-corrected chi connectivity index (χ4v) is 3.40. The maximum Gasteiger partial charge on any atom is 0.363 e. The van der Waals surface area contributed by atoms with Crippen LogP contribution in [0.25, 0.3) is 6.08 Å². The maximum atomic E-state index is 13.8. The number of cyclic esters (lactones) is 1. The number of carbonyl (C=O) groups excluding carboxylic acids is 1. The van der Waals surface area contributed by atoms with Crippen molar-refractivity contribution in [1.29, 1.82) is 0 Å².